The van der Waals surface area contributed by atoms with Crippen LogP contribution in [0, 0.1) is 12.8 Å². The Labute approximate surface area is 164 Å². The fourth-order valence-electron chi connectivity index (χ4n) is 4.86. The predicted octanol–water partition coefficient (Wildman–Crippen LogP) is 4.15. The summed E-state index contributed by atoms with van der Waals surface area (Å²) in [5.74, 6) is 1.69. The molecular formula is C22H25N3OS. The number of thiazole rings is 1. The van der Waals surface area contributed by atoms with Gasteiger partial charge in [0.25, 0.3) is 0 Å². The van der Waals surface area contributed by atoms with Gasteiger partial charge in [-0.05, 0) is 43.5 Å². The molecule has 0 radical (unpaired) electrons. The van der Waals surface area contributed by atoms with E-state index in [2.05, 4.69) is 64.6 Å². The molecule has 2 bridgehead atoms. The van der Waals surface area contributed by atoms with Crippen LogP contribution in [0.3, 0.4) is 0 Å². The minimum Gasteiger partial charge on any atom is -0.496 e. The fraction of sp³-hybridized carbons (Fsp3) is 0.409. The van der Waals surface area contributed by atoms with Gasteiger partial charge in [-0.25, -0.2) is 4.98 Å². The van der Waals surface area contributed by atoms with Crippen LogP contribution in [-0.4, -0.2) is 36.1 Å². The highest BCUT2D eigenvalue weighted by Gasteiger charge is 2.46. The molecule has 2 aromatic carbocycles. The van der Waals surface area contributed by atoms with E-state index in [1.54, 1.807) is 18.4 Å². The summed E-state index contributed by atoms with van der Waals surface area (Å²) < 4.78 is 6.88. The third-order valence-electron chi connectivity index (χ3n) is 6.06. The van der Waals surface area contributed by atoms with Crippen LogP contribution in [0.4, 0.5) is 0 Å². The van der Waals surface area contributed by atoms with Gasteiger partial charge in [0, 0.05) is 24.7 Å². The summed E-state index contributed by atoms with van der Waals surface area (Å²) in [6, 6.07) is 16.2. The molecule has 3 aromatic rings. The fourth-order valence-corrected chi connectivity index (χ4v) is 5.70. The molecule has 2 fully saturated rings. The van der Waals surface area contributed by atoms with Crippen LogP contribution in [0.5, 0.6) is 5.75 Å². The molecule has 27 heavy (non-hydrogen) atoms. The van der Waals surface area contributed by atoms with E-state index in [1.807, 2.05) is 0 Å². The van der Waals surface area contributed by atoms with Crippen molar-refractivity contribution < 1.29 is 4.74 Å². The molecule has 2 aliphatic heterocycles. The number of aromatic nitrogens is 1. The highest BCUT2D eigenvalue weighted by molar-refractivity contribution is 7.18. The molecule has 5 rings (SSSR count). The second-order valence-electron chi connectivity index (χ2n) is 7.67. The zero-order valence-electron chi connectivity index (χ0n) is 15.8. The van der Waals surface area contributed by atoms with E-state index in [1.165, 1.54) is 35.3 Å². The van der Waals surface area contributed by atoms with Gasteiger partial charge in [0.05, 0.1) is 28.4 Å². The van der Waals surface area contributed by atoms with Crippen molar-refractivity contribution in [3.05, 3.63) is 58.6 Å². The molecule has 0 amide bonds. The maximum absolute atomic E-state index is 5.68. The summed E-state index contributed by atoms with van der Waals surface area (Å²) in [6.45, 7) is 5.30. The molecule has 2 saturated heterocycles. The van der Waals surface area contributed by atoms with Gasteiger partial charge in [-0.15, -0.1) is 11.3 Å². The molecule has 4 nitrogen and oxygen atoms in total. The minimum absolute atomic E-state index is 0.473. The largest absolute Gasteiger partial charge is 0.496 e. The smallest absolute Gasteiger partial charge is 0.124 e. The Balaban J connectivity index is 1.41. The number of nitrogens with one attached hydrogen (secondary N) is 1. The van der Waals surface area contributed by atoms with Crippen molar-refractivity contribution in [3.63, 3.8) is 0 Å². The highest BCUT2D eigenvalue weighted by atomic mass is 32.1. The van der Waals surface area contributed by atoms with Crippen LogP contribution in [0.1, 0.15) is 28.6 Å². The molecule has 1 aromatic heterocycles. The summed E-state index contributed by atoms with van der Waals surface area (Å²) >= 11 is 1.72. The second-order valence-corrected chi connectivity index (χ2v) is 8.91. The molecule has 5 heteroatoms. The van der Waals surface area contributed by atoms with Gasteiger partial charge in [0.2, 0.25) is 0 Å². The van der Waals surface area contributed by atoms with E-state index in [4.69, 9.17) is 4.74 Å². The number of rotatable bonds is 5. The summed E-state index contributed by atoms with van der Waals surface area (Å²) in [5, 5.41) is 4.98. The molecule has 0 spiro atoms. The van der Waals surface area contributed by atoms with Crippen molar-refractivity contribution in [3.8, 4) is 5.75 Å². The van der Waals surface area contributed by atoms with Crippen LogP contribution in [-0.2, 0) is 6.54 Å². The van der Waals surface area contributed by atoms with Gasteiger partial charge >= 0.3 is 0 Å². The third-order valence-corrected chi connectivity index (χ3v) is 7.00. The number of hydrogen-bond acceptors (Lipinski definition) is 5. The van der Waals surface area contributed by atoms with Crippen molar-refractivity contribution in [2.45, 2.75) is 32.0 Å². The highest BCUT2D eigenvalue weighted by Crippen LogP contribution is 2.42. The van der Waals surface area contributed by atoms with Crippen molar-refractivity contribution >= 4 is 21.6 Å². The maximum Gasteiger partial charge on any atom is 0.124 e. The lowest BCUT2D eigenvalue weighted by Gasteiger charge is -2.33. The maximum atomic E-state index is 5.68. The number of ether oxygens (including phenoxy) is 1. The molecule has 3 heterocycles. The zero-order valence-corrected chi connectivity index (χ0v) is 16.6. The molecule has 0 aliphatic carbocycles. The van der Waals surface area contributed by atoms with Crippen LogP contribution in [0.2, 0.25) is 0 Å². The normalized spacial score (nSPS) is 26.7. The van der Waals surface area contributed by atoms with E-state index in [9.17, 15) is 0 Å². The zero-order chi connectivity index (χ0) is 18.4. The third kappa shape index (κ3) is 3.04. The molecule has 2 unspecified atom stereocenters. The average Bonchev–Trinajstić information content (AvgIpc) is 3.39. The number of fused-ring (bicyclic) bond motifs is 3. The molecule has 140 valence electrons. The van der Waals surface area contributed by atoms with Crippen molar-refractivity contribution in [1.29, 1.82) is 0 Å². The first-order valence-electron chi connectivity index (χ1n) is 9.69. The molecule has 2 aliphatic rings. The first-order chi connectivity index (χ1) is 13.2. The van der Waals surface area contributed by atoms with Crippen molar-refractivity contribution in [1.82, 2.24) is 15.2 Å². The van der Waals surface area contributed by atoms with E-state index in [0.29, 0.717) is 12.1 Å². The monoisotopic (exact) mass is 379 g/mol. The Hall–Kier alpha value is -1.95. The molecule has 4 atom stereocenters. The lowest BCUT2D eigenvalue weighted by molar-refractivity contribution is 0.217. The van der Waals surface area contributed by atoms with Gasteiger partial charge in [-0.3, -0.25) is 4.90 Å². The Morgan fingerprint density at radius 2 is 2.11 bits per heavy atom. The number of nitrogens with zero attached hydrogens (tertiary/aromatic N) is 2. The number of piperidine rings is 1. The van der Waals surface area contributed by atoms with Gasteiger partial charge in [0.15, 0.2) is 0 Å². The first-order valence-corrected chi connectivity index (χ1v) is 10.5. The Morgan fingerprint density at radius 3 is 2.93 bits per heavy atom. The van der Waals surface area contributed by atoms with Gasteiger partial charge in [0.1, 0.15) is 5.75 Å². The summed E-state index contributed by atoms with van der Waals surface area (Å²) in [4.78, 5) is 7.30. The van der Waals surface area contributed by atoms with E-state index in [0.717, 1.165) is 28.7 Å². The Morgan fingerprint density at radius 1 is 1.26 bits per heavy atom. The Bertz CT molecular complexity index is 955. The predicted molar refractivity (Wildman–Crippen MR) is 110 cm³/mol. The number of aryl methyl sites for hydroxylation is 1. The van der Waals surface area contributed by atoms with E-state index in [-0.39, 0.29) is 0 Å². The Kier molecular flexibility index (Phi) is 4.38. The lowest BCUT2D eigenvalue weighted by atomic mass is 9.89. The SMILES string of the molecule is COc1cc2sc(C)nc2cc1CN[C@H]1C2CCN(C2)[C@H]1c1ccccc1. The van der Waals surface area contributed by atoms with Crippen LogP contribution in [0.25, 0.3) is 10.2 Å². The quantitative estimate of drug-likeness (QED) is 0.723. The average molecular weight is 380 g/mol. The van der Waals surface area contributed by atoms with Crippen molar-refractivity contribution in [2.75, 3.05) is 20.2 Å². The number of hydrogen-bond donors (Lipinski definition) is 1. The van der Waals surface area contributed by atoms with Gasteiger partial charge < -0.3 is 10.1 Å². The van der Waals surface area contributed by atoms with Crippen molar-refractivity contribution in [2.24, 2.45) is 5.92 Å². The van der Waals surface area contributed by atoms with Crippen LogP contribution in [0.15, 0.2) is 42.5 Å². The van der Waals surface area contributed by atoms with Gasteiger partial charge in [-0.2, -0.15) is 0 Å². The summed E-state index contributed by atoms with van der Waals surface area (Å²) in [7, 11) is 1.76. The van der Waals surface area contributed by atoms with E-state index >= 15 is 0 Å². The van der Waals surface area contributed by atoms with Gasteiger partial charge in [-0.1, -0.05) is 30.3 Å². The molecular weight excluding hydrogens is 354 g/mol. The number of methoxy groups -OCH3 is 1. The van der Waals surface area contributed by atoms with Crippen LogP contribution < -0.4 is 10.1 Å². The summed E-state index contributed by atoms with van der Waals surface area (Å²) in [5.41, 5.74) is 3.70. The molecule has 1 N–H and O–H groups in total. The minimum atomic E-state index is 0.473. The first kappa shape index (κ1) is 17.2. The second kappa shape index (κ2) is 6.89. The standard InChI is InChI=1S/C22H25N3OS/c1-14-24-18-10-17(19(26-2)11-20(18)27-14)12-23-21-16-8-9-25(13-16)22(21)15-6-4-3-5-7-15/h3-7,10-11,16,21-23H,8-9,12-13H2,1-2H3/t16?,21-,22-/m0/s1. The van der Waals surface area contributed by atoms with Crippen LogP contribution >= 0.6 is 11.3 Å². The van der Waals surface area contributed by atoms with E-state index < -0.39 is 0 Å². The lowest BCUT2D eigenvalue weighted by Crippen LogP contribution is -2.42. The summed E-state index contributed by atoms with van der Waals surface area (Å²) in [6.07, 6.45) is 1.29. The number of benzene rings is 2. The topological polar surface area (TPSA) is 37.4 Å². The molecule has 0 saturated carbocycles.